The average Bonchev–Trinajstić information content (AvgIpc) is 3.33. The number of amides is 4. The highest BCUT2D eigenvalue weighted by molar-refractivity contribution is 8.04. The van der Waals surface area contributed by atoms with Gasteiger partial charge < -0.3 is 96.1 Å². The topological polar surface area (TPSA) is 402 Å². The summed E-state index contributed by atoms with van der Waals surface area (Å²) in [4.78, 5) is 81.3. The minimum absolute atomic E-state index is 0.00788. The van der Waals surface area contributed by atoms with Crippen LogP contribution in [0.4, 0.5) is 4.79 Å². The molecule has 16 atom stereocenters. The molecule has 1 saturated carbocycles. The number of aliphatic hydroxyl groups excluding tert-OH is 9. The van der Waals surface area contributed by atoms with Crippen molar-refractivity contribution in [3.63, 3.8) is 0 Å². The third-order valence-corrected chi connectivity index (χ3v) is 13.9. The fraction of sp³-hybridized carbons (Fsp3) is 0.652. The summed E-state index contributed by atoms with van der Waals surface area (Å²) in [5.41, 5.74) is 5.19. The van der Waals surface area contributed by atoms with Crippen molar-refractivity contribution >= 4 is 47.1 Å². The van der Waals surface area contributed by atoms with Gasteiger partial charge in [0.15, 0.2) is 18.2 Å². The van der Waals surface area contributed by atoms with Crippen molar-refractivity contribution in [2.75, 3.05) is 33.7 Å². The summed E-state index contributed by atoms with van der Waals surface area (Å²) in [6.07, 6.45) is -19.1. The molecule has 2 heterocycles. The van der Waals surface area contributed by atoms with E-state index < -0.39 is 174 Å². The van der Waals surface area contributed by atoms with Gasteiger partial charge in [-0.05, 0) is 38.2 Å². The van der Waals surface area contributed by atoms with Crippen LogP contribution in [0.15, 0.2) is 57.4 Å². The maximum atomic E-state index is 14.6. The van der Waals surface area contributed by atoms with Gasteiger partial charge in [-0.15, -0.1) is 11.8 Å². The number of aliphatic hydroxyl groups is 9. The normalized spacial score (nSPS) is 36.0. The van der Waals surface area contributed by atoms with Crippen molar-refractivity contribution in [1.82, 2.24) is 16.0 Å². The molecule has 25 nitrogen and oxygen atoms in total. The highest BCUT2D eigenvalue weighted by Gasteiger charge is 2.53. The lowest BCUT2D eigenvalue weighted by Gasteiger charge is -2.47. The zero-order valence-electron chi connectivity index (χ0n) is 40.9. The molecule has 2 fully saturated rings. The van der Waals surface area contributed by atoms with Gasteiger partial charge in [-0.2, -0.15) is 0 Å². The Hall–Kier alpha value is -4.65. The first kappa shape index (κ1) is 59.9. The number of thioether (sulfide) groups is 1. The van der Waals surface area contributed by atoms with Gasteiger partial charge in [0.25, 0.3) is 5.91 Å². The molecule has 4 aliphatic rings. The Morgan fingerprint density at radius 1 is 0.889 bits per heavy atom. The smallest absolute Gasteiger partial charge is 0.405 e. The Bertz CT molecular complexity index is 2130. The molecule has 2 aliphatic carbocycles. The molecule has 16 unspecified atom stereocenters. The number of allylic oxidation sites excluding steroid dienone is 4. The fourth-order valence-electron chi connectivity index (χ4n) is 8.68. The molecule has 26 heteroatoms. The number of rotatable bonds is 13. The highest BCUT2D eigenvalue weighted by Crippen LogP contribution is 2.36. The van der Waals surface area contributed by atoms with Crippen LogP contribution in [0.1, 0.15) is 47.5 Å². The van der Waals surface area contributed by atoms with Crippen molar-refractivity contribution < 1.29 is 103 Å². The second kappa shape index (κ2) is 26.5. The summed E-state index contributed by atoms with van der Waals surface area (Å²) in [7, 11) is 3.87. The first-order valence-electron chi connectivity index (χ1n) is 22.9. The number of hydrogen-bond donors (Lipinski definition) is 13. The van der Waals surface area contributed by atoms with E-state index in [9.17, 15) is 74.7 Å². The lowest BCUT2D eigenvalue weighted by molar-refractivity contribution is -0.319. The van der Waals surface area contributed by atoms with Gasteiger partial charge in [-0.3, -0.25) is 24.0 Å². The van der Waals surface area contributed by atoms with Gasteiger partial charge in [0, 0.05) is 44.0 Å². The molecule has 0 spiro atoms. The Balaban J connectivity index is 1.76. The average molecular weight is 1050 g/mol. The van der Waals surface area contributed by atoms with Crippen LogP contribution in [0.25, 0.3) is 0 Å². The monoisotopic (exact) mass is 1040 g/mol. The first-order chi connectivity index (χ1) is 33.8. The number of nitrogens with one attached hydrogen (secondary N) is 3. The fourth-order valence-corrected chi connectivity index (χ4v) is 9.76. The minimum atomic E-state index is -2.09. The third-order valence-electron chi connectivity index (χ3n) is 12.7. The highest BCUT2D eigenvalue weighted by atomic mass is 32.2. The first-order valence-corrected chi connectivity index (χ1v) is 23.9. The molecule has 4 rings (SSSR count). The van der Waals surface area contributed by atoms with Gasteiger partial charge in [0.1, 0.15) is 78.8 Å². The number of hydrogen-bond acceptors (Lipinski definition) is 22. The molecule has 0 aromatic rings. The van der Waals surface area contributed by atoms with E-state index >= 15 is 0 Å². The molecule has 0 radical (unpaired) electrons. The Morgan fingerprint density at radius 3 is 2.07 bits per heavy atom. The molecular formula is C46H68N4O21S. The molecule has 1 saturated heterocycles. The standard InChI is InChI=1S/C46H68N4O21S/c1-17-12-22-30(54)27(49-43(63)18(2)10-9-11-24(66-6)39(71-46(47)65)20(4)14-19(3)29(53)25(13-17)67-7)42(38(62)40(22)68-8)72-16-23(48-21(5)52)44(64)50-28-32(56)31(55)26(15-51)69-45(28)70-41-36(60)34(58)33(57)35(59)37(41)61/h9-11,14,17,19,23-26,28-29,31-37,39,41,45,51,53,55-61H,12-13,15-16H2,1-8H3,(H2,47,65)(H,48,52)(H,49,63)(H,50,64). The van der Waals surface area contributed by atoms with Crippen molar-refractivity contribution in [2.45, 2.75) is 145 Å². The molecule has 404 valence electrons. The van der Waals surface area contributed by atoms with Crippen LogP contribution in [0.3, 0.4) is 0 Å². The zero-order valence-corrected chi connectivity index (χ0v) is 41.8. The van der Waals surface area contributed by atoms with E-state index in [-0.39, 0.29) is 24.0 Å². The number of ether oxygens (including phenoxy) is 6. The number of primary amides is 1. The summed E-state index contributed by atoms with van der Waals surface area (Å²) >= 11 is 0.540. The van der Waals surface area contributed by atoms with Crippen LogP contribution in [0.5, 0.6) is 0 Å². The van der Waals surface area contributed by atoms with E-state index in [0.717, 1.165) is 14.0 Å². The second-order valence-corrected chi connectivity index (χ2v) is 19.1. The molecular weight excluding hydrogens is 977 g/mol. The minimum Gasteiger partial charge on any atom is -0.492 e. The van der Waals surface area contributed by atoms with Crippen LogP contribution in [0.2, 0.25) is 0 Å². The van der Waals surface area contributed by atoms with Gasteiger partial charge in [0.2, 0.25) is 23.4 Å². The number of ketones is 2. The SMILES string of the molecule is COC1=C2CC(C)CC(OC)C(O)C(C)C=C(C)C(OC(N)=O)C(OC)C=CC=C(C)C(=O)NC(=C(SCC(NC(C)=O)C(=O)NC3C(OC4C(O)C(O)C(O)C(O)C4O)OC(CO)C(O)C3O)C1=O)C2=O. The van der Waals surface area contributed by atoms with Crippen molar-refractivity contribution in [2.24, 2.45) is 17.6 Å². The summed E-state index contributed by atoms with van der Waals surface area (Å²) in [5, 5.41) is 103. The lowest BCUT2D eigenvalue weighted by atomic mass is 9.84. The number of Topliss-reactive ketones (excluding diaryl/α,β-unsaturated/α-hetero) is 2. The Labute approximate surface area is 419 Å². The largest absolute Gasteiger partial charge is 0.492 e. The zero-order chi connectivity index (χ0) is 54.0. The summed E-state index contributed by atoms with van der Waals surface area (Å²) in [6.45, 7) is 6.60. The summed E-state index contributed by atoms with van der Waals surface area (Å²) in [6, 6.07) is -3.54. The van der Waals surface area contributed by atoms with E-state index in [1.807, 2.05) is 0 Å². The maximum Gasteiger partial charge on any atom is 0.405 e. The van der Waals surface area contributed by atoms with Crippen LogP contribution in [-0.4, -0.2) is 213 Å². The molecule has 0 aromatic carbocycles. The predicted molar refractivity (Wildman–Crippen MR) is 250 cm³/mol. The van der Waals surface area contributed by atoms with Gasteiger partial charge in [-0.25, -0.2) is 4.79 Å². The quantitative estimate of drug-likeness (QED) is 0.0619. The van der Waals surface area contributed by atoms with E-state index in [4.69, 9.17) is 34.2 Å². The van der Waals surface area contributed by atoms with E-state index in [1.54, 1.807) is 26.8 Å². The van der Waals surface area contributed by atoms with Crippen molar-refractivity contribution in [1.29, 1.82) is 0 Å². The van der Waals surface area contributed by atoms with Gasteiger partial charge in [0.05, 0.1) is 30.8 Å². The molecule has 14 N–H and O–H groups in total. The molecule has 2 bridgehead atoms. The molecule has 72 heavy (non-hydrogen) atoms. The van der Waals surface area contributed by atoms with E-state index in [0.29, 0.717) is 17.3 Å². The van der Waals surface area contributed by atoms with Gasteiger partial charge >= 0.3 is 6.09 Å². The number of methoxy groups -OCH3 is 3. The van der Waals surface area contributed by atoms with Gasteiger partial charge in [-0.1, -0.05) is 38.2 Å². The predicted octanol–water partition coefficient (Wildman–Crippen LogP) is -3.90. The van der Waals surface area contributed by atoms with Crippen molar-refractivity contribution in [3.05, 3.63) is 57.4 Å². The number of nitrogens with two attached hydrogens (primary N) is 1. The molecule has 2 aliphatic heterocycles. The number of carbonyl (C=O) groups is 6. The lowest BCUT2D eigenvalue weighted by Crippen LogP contribution is -2.69. The van der Waals surface area contributed by atoms with E-state index in [2.05, 4.69) is 16.0 Å². The summed E-state index contributed by atoms with van der Waals surface area (Å²) in [5.74, 6) is -6.68. The van der Waals surface area contributed by atoms with Crippen LogP contribution in [-0.2, 0) is 52.4 Å². The van der Waals surface area contributed by atoms with Crippen LogP contribution < -0.4 is 21.7 Å². The number of carbonyl (C=O) groups excluding carboxylic acids is 6. The Kier molecular flexibility index (Phi) is 22.1. The summed E-state index contributed by atoms with van der Waals surface area (Å²) < 4.78 is 33.5. The molecule has 0 aromatic heterocycles. The third kappa shape index (κ3) is 14.1. The van der Waals surface area contributed by atoms with Crippen molar-refractivity contribution in [3.8, 4) is 0 Å². The maximum absolute atomic E-state index is 14.6. The molecule has 4 amide bonds. The Morgan fingerprint density at radius 2 is 1.51 bits per heavy atom. The van der Waals surface area contributed by atoms with Crippen LogP contribution >= 0.6 is 11.8 Å². The van der Waals surface area contributed by atoms with Crippen LogP contribution in [0, 0.1) is 11.8 Å². The number of fused-ring (bicyclic) bond motifs is 2. The van der Waals surface area contributed by atoms with E-state index in [1.165, 1.54) is 39.4 Å². The second-order valence-electron chi connectivity index (χ2n) is 18.1.